The molecule has 0 aliphatic rings. The molecule has 4 rings (SSSR count). The van der Waals surface area contributed by atoms with Crippen LogP contribution in [0, 0.1) is 0 Å². The fourth-order valence-electron chi connectivity index (χ4n) is 3.21. The Morgan fingerprint density at radius 1 is 1.16 bits per heavy atom. The number of aryl methyl sites for hydroxylation is 1. The molecule has 0 saturated carbocycles. The van der Waals surface area contributed by atoms with E-state index in [1.54, 1.807) is 42.5 Å². The zero-order valence-electron chi connectivity index (χ0n) is 16.6. The number of aromatic nitrogens is 4. The van der Waals surface area contributed by atoms with E-state index in [2.05, 4.69) is 20.5 Å². The van der Waals surface area contributed by atoms with E-state index in [1.165, 1.54) is 28.5 Å². The fourth-order valence-corrected chi connectivity index (χ4v) is 3.21. The molecule has 1 unspecified atom stereocenters. The zero-order chi connectivity index (χ0) is 22.0. The smallest absolute Gasteiger partial charge is 0.329 e. The molecule has 2 heterocycles. The number of nitrogens with one attached hydrogen (secondary N) is 2. The van der Waals surface area contributed by atoms with Gasteiger partial charge >= 0.3 is 5.69 Å². The Morgan fingerprint density at radius 2 is 1.87 bits per heavy atom. The van der Waals surface area contributed by atoms with Crippen LogP contribution in [0.4, 0.5) is 5.95 Å². The first kappa shape index (κ1) is 20.1. The number of aliphatic hydroxyl groups excluding tert-OH is 1. The molecular weight excluding hydrogens is 400 g/mol. The molecule has 10 nitrogen and oxygen atoms in total. The minimum atomic E-state index is -0.932. The predicted octanol–water partition coefficient (Wildman–Crippen LogP) is 1.31. The average Bonchev–Trinajstić information content (AvgIpc) is 3.13. The third-order valence-electron chi connectivity index (χ3n) is 4.85. The van der Waals surface area contributed by atoms with Crippen LogP contribution < -0.4 is 16.7 Å². The van der Waals surface area contributed by atoms with Crippen LogP contribution >= 0.6 is 0 Å². The van der Waals surface area contributed by atoms with E-state index in [0.717, 1.165) is 0 Å². The average molecular weight is 420 g/mol. The van der Waals surface area contributed by atoms with Crippen molar-refractivity contribution >= 4 is 23.3 Å². The van der Waals surface area contributed by atoms with Gasteiger partial charge in [-0.05, 0) is 17.7 Å². The molecule has 0 bridgehead atoms. The first-order valence-electron chi connectivity index (χ1n) is 9.45. The van der Waals surface area contributed by atoms with Crippen LogP contribution in [0.1, 0.15) is 17.2 Å². The second-order valence-electron chi connectivity index (χ2n) is 6.89. The van der Waals surface area contributed by atoms with Crippen molar-refractivity contribution in [3.63, 3.8) is 0 Å². The van der Waals surface area contributed by atoms with Gasteiger partial charge in [0.05, 0.1) is 18.9 Å². The van der Waals surface area contributed by atoms with Gasteiger partial charge in [0.2, 0.25) is 5.95 Å². The van der Waals surface area contributed by atoms with E-state index in [0.29, 0.717) is 11.1 Å². The van der Waals surface area contributed by atoms with Crippen LogP contribution in [0.15, 0.2) is 69.3 Å². The maximum atomic E-state index is 12.5. The largest absolute Gasteiger partial charge is 0.507 e. The summed E-state index contributed by atoms with van der Waals surface area (Å²) < 4.78 is 2.67. The van der Waals surface area contributed by atoms with Gasteiger partial charge in [-0.3, -0.25) is 18.9 Å². The molecule has 31 heavy (non-hydrogen) atoms. The second kappa shape index (κ2) is 8.28. The van der Waals surface area contributed by atoms with Crippen LogP contribution in [0.2, 0.25) is 0 Å². The van der Waals surface area contributed by atoms with Gasteiger partial charge in [0.15, 0.2) is 11.2 Å². The minimum Gasteiger partial charge on any atom is -0.507 e. The number of aromatic amines is 1. The Morgan fingerprint density at radius 3 is 2.61 bits per heavy atom. The van der Waals surface area contributed by atoms with Crippen LogP contribution in [-0.4, -0.2) is 35.5 Å². The number of para-hydroxylation sites is 1. The number of imidazole rings is 1. The molecule has 0 aliphatic carbocycles. The van der Waals surface area contributed by atoms with E-state index in [-0.39, 0.29) is 29.4 Å². The number of hydrazone groups is 1. The fraction of sp³-hybridized carbons (Fsp3) is 0.143. The molecule has 1 atom stereocenters. The van der Waals surface area contributed by atoms with Crippen LogP contribution in [0.3, 0.4) is 0 Å². The van der Waals surface area contributed by atoms with Gasteiger partial charge in [-0.15, -0.1) is 0 Å². The Hall–Kier alpha value is -4.18. The first-order valence-corrected chi connectivity index (χ1v) is 9.45. The lowest BCUT2D eigenvalue weighted by Crippen LogP contribution is -2.29. The van der Waals surface area contributed by atoms with Gasteiger partial charge in [0, 0.05) is 12.6 Å². The van der Waals surface area contributed by atoms with Crippen molar-refractivity contribution in [1.82, 2.24) is 19.1 Å². The summed E-state index contributed by atoms with van der Waals surface area (Å²) in [7, 11) is 1.49. The Balaban J connectivity index is 1.76. The third kappa shape index (κ3) is 3.96. The number of benzene rings is 2. The molecule has 4 aromatic rings. The van der Waals surface area contributed by atoms with Crippen molar-refractivity contribution in [2.24, 2.45) is 12.1 Å². The molecule has 2 aromatic carbocycles. The Bertz CT molecular complexity index is 1370. The first-order chi connectivity index (χ1) is 15.0. The number of aliphatic hydroxyl groups is 1. The number of hydrogen-bond acceptors (Lipinski definition) is 7. The number of hydrogen-bond donors (Lipinski definition) is 4. The van der Waals surface area contributed by atoms with Crippen molar-refractivity contribution in [2.45, 2.75) is 12.6 Å². The van der Waals surface area contributed by atoms with Crippen molar-refractivity contribution in [1.29, 1.82) is 0 Å². The zero-order valence-corrected chi connectivity index (χ0v) is 16.6. The van der Waals surface area contributed by atoms with Crippen molar-refractivity contribution in [2.75, 3.05) is 5.43 Å². The standard InChI is InChI=1S/C21H20N6O4/c1-26-18-17(19(30)24-21(26)31)27(12-16(29)13-7-3-2-4-8-13)20(23-18)25-22-11-14-9-5-6-10-15(14)28/h2-11,16,28-29H,12H2,1H3,(H,23,25)(H,24,30,31)/b22-11+. The number of nitrogens with zero attached hydrogens (tertiary/aromatic N) is 4. The van der Waals surface area contributed by atoms with Crippen LogP contribution in [-0.2, 0) is 13.6 Å². The SMILES string of the molecule is Cn1c(=O)[nH]c(=O)c2c1nc(N/N=C/c1ccccc1O)n2CC(O)c1ccccc1. The van der Waals surface area contributed by atoms with Gasteiger partial charge in [-0.25, -0.2) is 10.2 Å². The van der Waals surface area contributed by atoms with E-state index >= 15 is 0 Å². The molecule has 10 heteroatoms. The van der Waals surface area contributed by atoms with Gasteiger partial charge in [0.25, 0.3) is 5.56 Å². The maximum absolute atomic E-state index is 12.5. The monoisotopic (exact) mass is 420 g/mol. The van der Waals surface area contributed by atoms with Gasteiger partial charge in [-0.1, -0.05) is 42.5 Å². The minimum absolute atomic E-state index is 0.00373. The quantitative estimate of drug-likeness (QED) is 0.274. The predicted molar refractivity (Wildman–Crippen MR) is 116 cm³/mol. The normalized spacial score (nSPS) is 12.5. The Labute approximate surface area is 175 Å². The van der Waals surface area contributed by atoms with Gasteiger partial charge < -0.3 is 10.2 Å². The lowest BCUT2D eigenvalue weighted by atomic mass is 10.1. The highest BCUT2D eigenvalue weighted by Crippen LogP contribution is 2.21. The Kier molecular flexibility index (Phi) is 5.37. The summed E-state index contributed by atoms with van der Waals surface area (Å²) >= 11 is 0. The molecule has 4 N–H and O–H groups in total. The number of H-pyrrole nitrogens is 1. The van der Waals surface area contributed by atoms with Crippen molar-refractivity contribution in [3.8, 4) is 5.75 Å². The van der Waals surface area contributed by atoms with E-state index in [9.17, 15) is 19.8 Å². The summed E-state index contributed by atoms with van der Waals surface area (Å²) in [5.41, 5.74) is 2.93. The highest BCUT2D eigenvalue weighted by Gasteiger charge is 2.20. The molecular formula is C21H20N6O4. The van der Waals surface area contributed by atoms with Gasteiger partial charge in [0.1, 0.15) is 5.75 Å². The number of rotatable bonds is 6. The molecule has 0 fully saturated rings. The number of aromatic hydroxyl groups is 1. The molecule has 0 amide bonds. The van der Waals surface area contributed by atoms with E-state index < -0.39 is 17.4 Å². The molecule has 0 radical (unpaired) electrons. The second-order valence-corrected chi connectivity index (χ2v) is 6.89. The molecule has 2 aromatic heterocycles. The van der Waals surface area contributed by atoms with Crippen LogP contribution in [0.25, 0.3) is 11.2 Å². The molecule has 0 aliphatic heterocycles. The summed E-state index contributed by atoms with van der Waals surface area (Å²) in [6.07, 6.45) is 0.466. The lowest BCUT2D eigenvalue weighted by Gasteiger charge is -2.14. The van der Waals surface area contributed by atoms with Crippen molar-refractivity contribution in [3.05, 3.63) is 86.6 Å². The molecule has 0 spiro atoms. The summed E-state index contributed by atoms with van der Waals surface area (Å²) in [4.78, 5) is 31.1. The number of phenolic OH excluding ortho intramolecular Hbond substituents is 1. The number of fused-ring (bicyclic) bond motifs is 1. The number of phenols is 1. The van der Waals surface area contributed by atoms with Crippen molar-refractivity contribution < 1.29 is 10.2 Å². The van der Waals surface area contributed by atoms with Gasteiger partial charge in [-0.2, -0.15) is 10.1 Å². The summed E-state index contributed by atoms with van der Waals surface area (Å²) in [5.74, 6) is 0.211. The maximum Gasteiger partial charge on any atom is 0.329 e. The lowest BCUT2D eigenvalue weighted by molar-refractivity contribution is 0.158. The topological polar surface area (TPSA) is 138 Å². The van der Waals surface area contributed by atoms with E-state index in [1.807, 2.05) is 6.07 Å². The summed E-state index contributed by atoms with van der Waals surface area (Å²) in [5, 5.41) is 24.7. The third-order valence-corrected chi connectivity index (χ3v) is 4.85. The molecule has 158 valence electrons. The highest BCUT2D eigenvalue weighted by molar-refractivity contribution is 5.83. The van der Waals surface area contributed by atoms with Crippen LogP contribution in [0.5, 0.6) is 5.75 Å². The van der Waals surface area contributed by atoms with E-state index in [4.69, 9.17) is 0 Å². The highest BCUT2D eigenvalue weighted by atomic mass is 16.3. The number of anilines is 1. The molecule has 0 saturated heterocycles. The summed E-state index contributed by atoms with van der Waals surface area (Å²) in [6, 6.07) is 15.6. The summed E-state index contributed by atoms with van der Waals surface area (Å²) in [6.45, 7) is -0.00373.